The van der Waals surface area contributed by atoms with Crippen molar-refractivity contribution in [3.8, 4) is 0 Å². The second-order valence-electron chi connectivity index (χ2n) is 7.86. The molecule has 2 nitrogen and oxygen atoms in total. The van der Waals surface area contributed by atoms with E-state index in [2.05, 4.69) is 4.74 Å². The van der Waals surface area contributed by atoms with Gasteiger partial charge in [-0.05, 0) is 6.42 Å². The van der Waals surface area contributed by atoms with Gasteiger partial charge in [0.2, 0.25) is 0 Å². The van der Waals surface area contributed by atoms with Gasteiger partial charge >= 0.3 is 52.5 Å². The maximum absolute atomic E-state index is 14.8. The fourth-order valence-electron chi connectivity index (χ4n) is 4.72. The zero-order valence-corrected chi connectivity index (χ0v) is 15.2. The third-order valence-electron chi connectivity index (χ3n) is 6.33. The van der Waals surface area contributed by atoms with Crippen molar-refractivity contribution in [2.45, 2.75) is 84.0 Å². The summed E-state index contributed by atoms with van der Waals surface area (Å²) in [5.74, 6) is -46.3. The molecule has 0 spiro atoms. The molecule has 0 aromatic carbocycles. The number of hydrogen-bond acceptors (Lipinski definition) is 2. The number of ether oxygens (including phenoxy) is 1. The third kappa shape index (κ3) is 1.67. The molecule has 1 unspecified atom stereocenters. The first-order chi connectivity index (χ1) is 14.0. The molecule has 4 saturated carbocycles. The quantitative estimate of drug-likeness (QED) is 0.537. The highest BCUT2D eigenvalue weighted by Crippen LogP contribution is 2.88. The van der Waals surface area contributed by atoms with E-state index < -0.39 is 77.3 Å². The van der Waals surface area contributed by atoms with E-state index in [1.807, 2.05) is 0 Å². The van der Waals surface area contributed by atoms with E-state index in [1.165, 1.54) is 6.92 Å². The minimum Gasteiger partial charge on any atom is -0.391 e. The van der Waals surface area contributed by atoms with Crippen LogP contribution >= 0.6 is 0 Å². The Balaban J connectivity index is 2.52. The molecular weight excluding hydrogens is 497 g/mol. The van der Waals surface area contributed by atoms with Crippen LogP contribution in [0.3, 0.4) is 0 Å². The minimum absolute atomic E-state index is 0.165. The van der Waals surface area contributed by atoms with Crippen molar-refractivity contribution >= 4 is 0 Å². The molecule has 0 saturated heterocycles. The Morgan fingerprint density at radius 3 is 1.09 bits per heavy atom. The van der Waals surface area contributed by atoms with Crippen molar-refractivity contribution in [1.29, 1.82) is 0 Å². The molecule has 0 aromatic rings. The highest BCUT2D eigenvalue weighted by atomic mass is 19.3. The lowest BCUT2D eigenvalue weighted by molar-refractivity contribution is -0.619. The van der Waals surface area contributed by atoms with Crippen molar-refractivity contribution in [2.75, 3.05) is 6.61 Å². The van der Waals surface area contributed by atoms with Crippen LogP contribution in [0.4, 0.5) is 65.9 Å². The molecular formula is C15H11F15O2. The van der Waals surface area contributed by atoms with Crippen LogP contribution in [0.2, 0.25) is 0 Å². The van der Waals surface area contributed by atoms with E-state index in [9.17, 15) is 71.0 Å². The van der Waals surface area contributed by atoms with Crippen molar-refractivity contribution < 1.29 is 75.7 Å². The second kappa shape index (κ2) is 5.74. The highest BCUT2D eigenvalue weighted by molar-refractivity contribution is 5.54. The van der Waals surface area contributed by atoms with E-state index in [0.717, 1.165) is 0 Å². The summed E-state index contributed by atoms with van der Waals surface area (Å²) in [6, 6.07) is 0. The molecule has 0 radical (unpaired) electrons. The van der Waals surface area contributed by atoms with Crippen LogP contribution in [0.15, 0.2) is 0 Å². The number of rotatable bonds is 5. The van der Waals surface area contributed by atoms with Crippen LogP contribution in [0.25, 0.3) is 0 Å². The van der Waals surface area contributed by atoms with E-state index >= 15 is 0 Å². The number of hydrogen-bond donors (Lipinski definition) is 1. The predicted molar refractivity (Wildman–Crippen MR) is 70.8 cm³/mol. The summed E-state index contributed by atoms with van der Waals surface area (Å²) in [6.45, 7) is -1.03. The zero-order valence-electron chi connectivity index (χ0n) is 15.2. The van der Waals surface area contributed by atoms with Gasteiger partial charge in [0.05, 0.1) is 12.7 Å². The van der Waals surface area contributed by atoms with E-state index in [0.29, 0.717) is 0 Å². The van der Waals surface area contributed by atoms with Gasteiger partial charge in [0.1, 0.15) is 0 Å². The fraction of sp³-hybridized carbons (Fsp3) is 1.00. The van der Waals surface area contributed by atoms with Gasteiger partial charge < -0.3 is 9.84 Å². The Morgan fingerprint density at radius 2 is 0.844 bits per heavy atom. The maximum atomic E-state index is 14.8. The Kier molecular flexibility index (Phi) is 4.57. The first kappa shape index (κ1) is 25.5. The normalized spacial score (nSPS) is 46.8. The minimum atomic E-state index is -7.83. The summed E-state index contributed by atoms with van der Waals surface area (Å²) in [6.07, 6.45) is -3.16. The van der Waals surface area contributed by atoms with Gasteiger partial charge in [-0.25, -0.2) is 13.2 Å². The van der Waals surface area contributed by atoms with Crippen LogP contribution in [-0.4, -0.2) is 76.0 Å². The van der Waals surface area contributed by atoms with Gasteiger partial charge in [-0.1, -0.05) is 13.3 Å². The Morgan fingerprint density at radius 1 is 0.562 bits per heavy atom. The number of aliphatic hydroxyl groups excluding tert-OH is 1. The summed E-state index contributed by atoms with van der Waals surface area (Å²) in [5, 5.41) is 9.38. The Labute approximate surface area is 167 Å². The molecule has 0 amide bonds. The SMILES string of the molecule is CCCC(O)COC12C(F)(F)C3(F)C(F)(F)C(F)(C(F)(F)C(F)(C3(F)F)C1(F)F)C2(F)F. The molecule has 4 bridgehead atoms. The van der Waals surface area contributed by atoms with Gasteiger partial charge in [-0.15, -0.1) is 0 Å². The average Bonchev–Trinajstić information content (AvgIpc) is 2.62. The highest BCUT2D eigenvalue weighted by Gasteiger charge is 3.23. The maximum Gasteiger partial charge on any atom is 0.339 e. The van der Waals surface area contributed by atoms with Crippen molar-refractivity contribution in [3.63, 3.8) is 0 Å². The van der Waals surface area contributed by atoms with Crippen molar-refractivity contribution in [3.05, 3.63) is 0 Å². The summed E-state index contributed by atoms with van der Waals surface area (Å²) in [7, 11) is 0. The third-order valence-corrected chi connectivity index (χ3v) is 6.33. The lowest BCUT2D eigenvalue weighted by Crippen LogP contribution is -3.10. The molecule has 188 valence electrons. The summed E-state index contributed by atoms with van der Waals surface area (Å²) in [4.78, 5) is 0. The molecule has 4 fully saturated rings. The monoisotopic (exact) mass is 508 g/mol. The van der Waals surface area contributed by atoms with E-state index in [-0.39, 0.29) is 6.42 Å². The Bertz CT molecular complexity index is 711. The first-order valence-corrected chi connectivity index (χ1v) is 8.61. The second-order valence-corrected chi connectivity index (χ2v) is 7.86. The van der Waals surface area contributed by atoms with Gasteiger partial charge in [0.25, 0.3) is 5.60 Å². The molecule has 4 aliphatic rings. The Hall–Kier alpha value is -1.13. The van der Waals surface area contributed by atoms with Crippen LogP contribution in [-0.2, 0) is 4.74 Å². The largest absolute Gasteiger partial charge is 0.391 e. The van der Waals surface area contributed by atoms with Crippen molar-refractivity contribution in [1.82, 2.24) is 0 Å². The van der Waals surface area contributed by atoms with E-state index in [4.69, 9.17) is 0 Å². The van der Waals surface area contributed by atoms with Crippen LogP contribution < -0.4 is 0 Å². The van der Waals surface area contributed by atoms with Crippen LogP contribution in [0.1, 0.15) is 19.8 Å². The van der Waals surface area contributed by atoms with Gasteiger partial charge in [0, 0.05) is 0 Å². The molecule has 17 heteroatoms. The molecule has 0 aliphatic heterocycles. The lowest BCUT2D eigenvalue weighted by atomic mass is 9.40. The van der Waals surface area contributed by atoms with Gasteiger partial charge in [-0.2, -0.15) is 52.7 Å². The zero-order chi connectivity index (χ0) is 25.4. The van der Waals surface area contributed by atoms with Gasteiger partial charge in [-0.3, -0.25) is 0 Å². The summed E-state index contributed by atoms with van der Waals surface area (Å²) in [5.41, 5.74) is -30.0. The van der Waals surface area contributed by atoms with E-state index in [1.54, 1.807) is 0 Å². The predicted octanol–water partition coefficient (Wildman–Crippen LogP) is 4.88. The molecule has 1 atom stereocenters. The molecule has 4 rings (SSSR count). The molecule has 4 aliphatic carbocycles. The van der Waals surface area contributed by atoms with Crippen LogP contribution in [0, 0.1) is 0 Å². The summed E-state index contributed by atoms with van der Waals surface area (Å²) >= 11 is 0. The van der Waals surface area contributed by atoms with Gasteiger partial charge in [0.15, 0.2) is 0 Å². The van der Waals surface area contributed by atoms with Crippen molar-refractivity contribution in [2.24, 2.45) is 0 Å². The topological polar surface area (TPSA) is 29.5 Å². The smallest absolute Gasteiger partial charge is 0.339 e. The standard InChI is InChI=1S/C15H11F15O2/c1-2-3-5(31)4-32-9-13(25,26)6(16)10(19,20)7(17,14(9,27)28)12(23,24)8(18,11(6,21)22)15(9,29)30/h5,31H,2-4H2,1H3. The molecule has 0 aromatic heterocycles. The molecule has 1 N–H and O–H groups in total. The van der Waals surface area contributed by atoms with Crippen LogP contribution in [0.5, 0.6) is 0 Å². The summed E-state index contributed by atoms with van der Waals surface area (Å²) < 4.78 is 221. The lowest BCUT2D eigenvalue weighted by Gasteiger charge is -2.74. The average molecular weight is 508 g/mol. The number of aliphatic hydroxyl groups is 1. The fourth-order valence-corrected chi connectivity index (χ4v) is 4.72. The number of halogens is 15. The molecule has 0 heterocycles. The number of alkyl halides is 15. The molecule has 32 heavy (non-hydrogen) atoms. The first-order valence-electron chi connectivity index (χ1n) is 8.61.